The number of halogens is 2. The van der Waals surface area contributed by atoms with Crippen molar-refractivity contribution in [3.05, 3.63) is 29.3 Å². The number of nitrogens with zero attached hydrogens (tertiary/aromatic N) is 2. The summed E-state index contributed by atoms with van der Waals surface area (Å²) in [6, 6.07) is 2.26. The minimum atomic E-state index is -0.900. The number of rotatable bonds is 2. The van der Waals surface area contributed by atoms with Gasteiger partial charge in [0.05, 0.1) is 0 Å². The van der Waals surface area contributed by atoms with Crippen LogP contribution in [0.5, 0.6) is 0 Å². The molecule has 18 heavy (non-hydrogen) atoms. The number of likely N-dealkylation sites (tertiary alicyclic amines) is 1. The van der Waals surface area contributed by atoms with Crippen molar-refractivity contribution in [1.29, 1.82) is 0 Å². The normalized spacial score (nSPS) is 15.9. The van der Waals surface area contributed by atoms with E-state index < -0.39 is 17.3 Å². The van der Waals surface area contributed by atoms with E-state index in [9.17, 15) is 13.6 Å². The lowest BCUT2D eigenvalue weighted by Crippen LogP contribution is -2.59. The van der Waals surface area contributed by atoms with E-state index in [2.05, 4.69) is 0 Å². The number of carbonyl (C=O) groups excluding carboxylic acids is 1. The van der Waals surface area contributed by atoms with Crippen LogP contribution < -0.4 is 5.73 Å². The summed E-state index contributed by atoms with van der Waals surface area (Å²) in [5.41, 5.74) is 4.60. The van der Waals surface area contributed by atoms with Gasteiger partial charge in [0.25, 0.3) is 5.91 Å². The first-order valence-electron chi connectivity index (χ1n) is 5.60. The van der Waals surface area contributed by atoms with Gasteiger partial charge in [-0.25, -0.2) is 8.78 Å². The van der Waals surface area contributed by atoms with Crippen LogP contribution in [-0.4, -0.2) is 48.9 Å². The lowest BCUT2D eigenvalue weighted by atomic mass is 10.1. The Hall–Kier alpha value is -1.69. The third-order valence-electron chi connectivity index (χ3n) is 3.21. The molecule has 6 heteroatoms. The molecule has 4 nitrogen and oxygen atoms in total. The fourth-order valence-electron chi connectivity index (χ4n) is 1.84. The van der Waals surface area contributed by atoms with Gasteiger partial charge in [0.2, 0.25) is 0 Å². The molecule has 1 aromatic carbocycles. The van der Waals surface area contributed by atoms with Gasteiger partial charge in [-0.15, -0.1) is 0 Å². The molecule has 1 fully saturated rings. The number of hydrogen-bond donors (Lipinski definition) is 1. The van der Waals surface area contributed by atoms with Gasteiger partial charge in [-0.3, -0.25) is 4.79 Å². The molecule has 98 valence electrons. The fourth-order valence-corrected chi connectivity index (χ4v) is 1.84. The van der Waals surface area contributed by atoms with E-state index in [1.165, 1.54) is 0 Å². The molecule has 0 spiro atoms. The summed E-state index contributed by atoms with van der Waals surface area (Å²) < 4.78 is 26.5. The fraction of sp³-hybridized carbons (Fsp3) is 0.417. The molecular formula is C12H15F2N3O. The van der Waals surface area contributed by atoms with Gasteiger partial charge in [0.1, 0.15) is 17.3 Å². The van der Waals surface area contributed by atoms with Crippen LogP contribution in [0.25, 0.3) is 0 Å². The zero-order chi connectivity index (χ0) is 13.4. The average Bonchev–Trinajstić information content (AvgIpc) is 2.22. The van der Waals surface area contributed by atoms with Gasteiger partial charge in [-0.2, -0.15) is 0 Å². The third-order valence-corrected chi connectivity index (χ3v) is 3.21. The molecule has 0 aromatic heterocycles. The van der Waals surface area contributed by atoms with Crippen LogP contribution in [0.3, 0.4) is 0 Å². The summed E-state index contributed by atoms with van der Waals surface area (Å²) in [5, 5.41) is 0. The molecule has 1 heterocycles. The van der Waals surface area contributed by atoms with Crippen molar-refractivity contribution in [2.24, 2.45) is 0 Å². The monoisotopic (exact) mass is 255 g/mol. The highest BCUT2D eigenvalue weighted by atomic mass is 19.1. The van der Waals surface area contributed by atoms with Crippen molar-refractivity contribution in [2.45, 2.75) is 6.04 Å². The maximum absolute atomic E-state index is 13.2. The van der Waals surface area contributed by atoms with E-state index in [0.29, 0.717) is 19.1 Å². The standard InChI is InChI=1S/C12H15F2N3O/c1-16(2)8-5-17(6-8)12(18)7-3-9(13)11(15)10(14)4-7/h3-4,8H,5-6,15H2,1-2H3. The van der Waals surface area contributed by atoms with Crippen LogP contribution in [0, 0.1) is 11.6 Å². The Morgan fingerprint density at radius 3 is 2.28 bits per heavy atom. The van der Waals surface area contributed by atoms with Crippen LogP contribution in [0.2, 0.25) is 0 Å². The first kappa shape index (κ1) is 12.8. The molecule has 1 aliphatic rings. The second-order valence-corrected chi connectivity index (χ2v) is 4.68. The number of hydrogen-bond acceptors (Lipinski definition) is 3. The molecule has 0 aliphatic carbocycles. The van der Waals surface area contributed by atoms with Gasteiger partial charge in [0, 0.05) is 24.7 Å². The van der Waals surface area contributed by atoms with Crippen molar-refractivity contribution in [2.75, 3.05) is 32.9 Å². The predicted molar refractivity (Wildman–Crippen MR) is 64.1 cm³/mol. The van der Waals surface area contributed by atoms with Gasteiger partial charge >= 0.3 is 0 Å². The van der Waals surface area contributed by atoms with Gasteiger partial charge in [-0.05, 0) is 26.2 Å². The Kier molecular flexibility index (Phi) is 3.21. The maximum atomic E-state index is 13.2. The van der Waals surface area contributed by atoms with E-state index in [1.54, 1.807) is 4.90 Å². The summed E-state index contributed by atoms with van der Waals surface area (Å²) in [4.78, 5) is 15.5. The van der Waals surface area contributed by atoms with Crippen LogP contribution in [0.15, 0.2) is 12.1 Å². The Labute approximate surface area is 104 Å². The molecular weight excluding hydrogens is 240 g/mol. The topological polar surface area (TPSA) is 49.6 Å². The highest BCUT2D eigenvalue weighted by molar-refractivity contribution is 5.95. The number of nitrogens with two attached hydrogens (primary N) is 1. The number of benzene rings is 1. The van der Waals surface area contributed by atoms with Crippen LogP contribution in [0.1, 0.15) is 10.4 Å². The summed E-state index contributed by atoms with van der Waals surface area (Å²) >= 11 is 0. The number of carbonyl (C=O) groups is 1. The Bertz CT molecular complexity index is 461. The largest absolute Gasteiger partial charge is 0.394 e. The zero-order valence-electron chi connectivity index (χ0n) is 10.3. The molecule has 1 amide bonds. The minimum absolute atomic E-state index is 0.00333. The van der Waals surface area contributed by atoms with Crippen LogP contribution in [0.4, 0.5) is 14.5 Å². The Balaban J connectivity index is 2.12. The van der Waals surface area contributed by atoms with Crippen molar-refractivity contribution >= 4 is 11.6 Å². The van der Waals surface area contributed by atoms with E-state index in [1.807, 2.05) is 19.0 Å². The van der Waals surface area contributed by atoms with E-state index in [0.717, 1.165) is 12.1 Å². The smallest absolute Gasteiger partial charge is 0.254 e. The predicted octanol–water partition coefficient (Wildman–Crippen LogP) is 0.933. The molecule has 0 saturated carbocycles. The lowest BCUT2D eigenvalue weighted by Gasteiger charge is -2.42. The number of anilines is 1. The first-order valence-corrected chi connectivity index (χ1v) is 5.60. The van der Waals surface area contributed by atoms with E-state index in [4.69, 9.17) is 5.73 Å². The van der Waals surface area contributed by atoms with Crippen LogP contribution in [-0.2, 0) is 0 Å². The van der Waals surface area contributed by atoms with Gasteiger partial charge in [0.15, 0.2) is 0 Å². The first-order chi connectivity index (χ1) is 8.40. The Morgan fingerprint density at radius 1 is 1.33 bits per heavy atom. The highest BCUT2D eigenvalue weighted by Gasteiger charge is 2.32. The van der Waals surface area contributed by atoms with Gasteiger partial charge in [-0.1, -0.05) is 0 Å². The summed E-state index contributed by atoms with van der Waals surface area (Å²) in [6.45, 7) is 1.14. The second kappa shape index (κ2) is 4.53. The van der Waals surface area contributed by atoms with Crippen molar-refractivity contribution < 1.29 is 13.6 Å². The molecule has 1 saturated heterocycles. The van der Waals surface area contributed by atoms with Crippen LogP contribution >= 0.6 is 0 Å². The molecule has 2 N–H and O–H groups in total. The molecule has 0 atom stereocenters. The number of likely N-dealkylation sites (N-methyl/N-ethyl adjacent to an activating group) is 1. The highest BCUT2D eigenvalue weighted by Crippen LogP contribution is 2.21. The van der Waals surface area contributed by atoms with E-state index >= 15 is 0 Å². The second-order valence-electron chi connectivity index (χ2n) is 4.68. The van der Waals surface area contributed by atoms with Crippen molar-refractivity contribution in [3.63, 3.8) is 0 Å². The molecule has 0 bridgehead atoms. The maximum Gasteiger partial charge on any atom is 0.254 e. The summed E-state index contributed by atoms with van der Waals surface area (Å²) in [6.07, 6.45) is 0. The minimum Gasteiger partial charge on any atom is -0.394 e. The quantitative estimate of drug-likeness (QED) is 0.800. The zero-order valence-corrected chi connectivity index (χ0v) is 10.3. The SMILES string of the molecule is CN(C)C1CN(C(=O)c2cc(F)c(N)c(F)c2)C1. The molecule has 0 unspecified atom stereocenters. The molecule has 1 aliphatic heterocycles. The number of amides is 1. The molecule has 0 radical (unpaired) electrons. The summed E-state index contributed by atoms with van der Waals surface area (Å²) in [7, 11) is 3.85. The van der Waals surface area contributed by atoms with Gasteiger partial charge < -0.3 is 15.5 Å². The molecule has 1 aromatic rings. The van der Waals surface area contributed by atoms with Crippen molar-refractivity contribution in [1.82, 2.24) is 9.80 Å². The molecule has 2 rings (SSSR count). The summed E-state index contributed by atoms with van der Waals surface area (Å²) in [5.74, 6) is -2.17. The average molecular weight is 255 g/mol. The lowest BCUT2D eigenvalue weighted by molar-refractivity contribution is 0.0398. The Morgan fingerprint density at radius 2 is 1.83 bits per heavy atom. The van der Waals surface area contributed by atoms with Crippen molar-refractivity contribution in [3.8, 4) is 0 Å². The number of nitrogen functional groups attached to an aromatic ring is 1. The third kappa shape index (κ3) is 2.15. The van der Waals surface area contributed by atoms with E-state index in [-0.39, 0.29) is 11.5 Å².